The monoisotopic (exact) mass is 338 g/mol. The molecule has 0 amide bonds. The molecule has 1 saturated heterocycles. The van der Waals surface area contributed by atoms with Crippen molar-refractivity contribution in [1.82, 2.24) is 9.80 Å². The Balaban J connectivity index is 1.72. The highest BCUT2D eigenvalue weighted by atomic mass is 16.4. The van der Waals surface area contributed by atoms with E-state index in [1.54, 1.807) is 0 Å². The molecular formula is C21H26N2O2. The molecule has 2 aromatic carbocycles. The van der Waals surface area contributed by atoms with Crippen LogP contribution in [0.2, 0.25) is 0 Å². The fourth-order valence-corrected chi connectivity index (χ4v) is 3.71. The number of aliphatic carboxylic acids is 1. The van der Waals surface area contributed by atoms with Crippen LogP contribution in [0, 0.1) is 0 Å². The highest BCUT2D eigenvalue weighted by Gasteiger charge is 2.34. The van der Waals surface area contributed by atoms with Crippen molar-refractivity contribution < 1.29 is 9.90 Å². The van der Waals surface area contributed by atoms with E-state index < -0.39 is 5.97 Å². The molecule has 25 heavy (non-hydrogen) atoms. The molecule has 0 radical (unpaired) electrons. The Hall–Kier alpha value is -2.17. The minimum Gasteiger partial charge on any atom is -0.481 e. The molecule has 3 rings (SSSR count). The van der Waals surface area contributed by atoms with Crippen molar-refractivity contribution in [2.75, 3.05) is 13.1 Å². The van der Waals surface area contributed by atoms with Gasteiger partial charge >= 0.3 is 5.97 Å². The molecule has 0 unspecified atom stereocenters. The molecule has 1 aliphatic heterocycles. The highest BCUT2D eigenvalue weighted by molar-refractivity contribution is 5.67. The lowest BCUT2D eigenvalue weighted by molar-refractivity contribution is -0.140. The van der Waals surface area contributed by atoms with Gasteiger partial charge in [-0.1, -0.05) is 60.7 Å². The topological polar surface area (TPSA) is 43.8 Å². The van der Waals surface area contributed by atoms with E-state index in [1.165, 1.54) is 11.1 Å². The molecule has 0 spiro atoms. The lowest BCUT2D eigenvalue weighted by atomic mass is 9.98. The van der Waals surface area contributed by atoms with Gasteiger partial charge in [0, 0.05) is 38.3 Å². The summed E-state index contributed by atoms with van der Waals surface area (Å²) in [6.07, 6.45) is 0.180. The lowest BCUT2D eigenvalue weighted by Gasteiger charge is -2.46. The summed E-state index contributed by atoms with van der Waals surface area (Å²) in [4.78, 5) is 16.2. The maximum Gasteiger partial charge on any atom is 0.304 e. The summed E-state index contributed by atoms with van der Waals surface area (Å²) in [5.41, 5.74) is 2.52. The van der Waals surface area contributed by atoms with E-state index in [0.717, 1.165) is 26.2 Å². The quantitative estimate of drug-likeness (QED) is 0.878. The fourth-order valence-electron chi connectivity index (χ4n) is 3.71. The van der Waals surface area contributed by atoms with Crippen LogP contribution in [0.3, 0.4) is 0 Å². The van der Waals surface area contributed by atoms with Gasteiger partial charge in [0.2, 0.25) is 0 Å². The van der Waals surface area contributed by atoms with Crippen LogP contribution in [-0.4, -0.2) is 46.0 Å². The first-order valence-corrected chi connectivity index (χ1v) is 8.91. The van der Waals surface area contributed by atoms with Crippen LogP contribution < -0.4 is 0 Å². The van der Waals surface area contributed by atoms with Crippen molar-refractivity contribution in [2.24, 2.45) is 0 Å². The summed E-state index contributed by atoms with van der Waals surface area (Å²) >= 11 is 0. The van der Waals surface area contributed by atoms with Crippen LogP contribution in [0.4, 0.5) is 0 Å². The zero-order valence-electron chi connectivity index (χ0n) is 14.7. The SMILES string of the molecule is C[C@H]1[C@H](CC(=O)O)N(Cc2ccccc2)CCN1Cc1ccccc1. The largest absolute Gasteiger partial charge is 0.481 e. The van der Waals surface area contributed by atoms with E-state index in [2.05, 4.69) is 53.1 Å². The zero-order chi connectivity index (χ0) is 17.6. The first kappa shape index (κ1) is 17.6. The predicted molar refractivity (Wildman–Crippen MR) is 99.2 cm³/mol. The van der Waals surface area contributed by atoms with Crippen molar-refractivity contribution in [2.45, 2.75) is 38.5 Å². The number of benzene rings is 2. The van der Waals surface area contributed by atoms with Crippen molar-refractivity contribution >= 4 is 5.97 Å². The molecule has 1 aliphatic rings. The lowest BCUT2D eigenvalue weighted by Crippen LogP contribution is -2.58. The van der Waals surface area contributed by atoms with Gasteiger partial charge in [0.05, 0.1) is 6.42 Å². The van der Waals surface area contributed by atoms with E-state index in [-0.39, 0.29) is 18.5 Å². The van der Waals surface area contributed by atoms with E-state index in [9.17, 15) is 9.90 Å². The number of carboxylic acids is 1. The molecule has 0 aromatic heterocycles. The minimum atomic E-state index is -0.725. The second-order valence-electron chi connectivity index (χ2n) is 6.82. The van der Waals surface area contributed by atoms with Gasteiger partial charge in [-0.25, -0.2) is 0 Å². The highest BCUT2D eigenvalue weighted by Crippen LogP contribution is 2.24. The van der Waals surface area contributed by atoms with Crippen molar-refractivity contribution in [3.8, 4) is 0 Å². The molecule has 1 N–H and O–H groups in total. The third kappa shape index (κ3) is 4.68. The Morgan fingerprint density at radius 3 is 1.92 bits per heavy atom. The molecule has 2 atom stereocenters. The summed E-state index contributed by atoms with van der Waals surface area (Å²) in [6, 6.07) is 20.9. The average molecular weight is 338 g/mol. The van der Waals surface area contributed by atoms with Gasteiger partial charge in [0.15, 0.2) is 0 Å². The smallest absolute Gasteiger partial charge is 0.304 e. The molecule has 0 saturated carbocycles. The number of piperazine rings is 1. The molecular weight excluding hydrogens is 312 g/mol. The second kappa shape index (κ2) is 8.28. The number of hydrogen-bond donors (Lipinski definition) is 1. The summed E-state index contributed by atoms with van der Waals surface area (Å²) in [5.74, 6) is -0.725. The van der Waals surface area contributed by atoms with Gasteiger partial charge in [0.25, 0.3) is 0 Å². The Bertz CT molecular complexity index is 675. The van der Waals surface area contributed by atoms with Gasteiger partial charge in [-0.3, -0.25) is 14.6 Å². The molecule has 132 valence electrons. The van der Waals surface area contributed by atoms with Gasteiger partial charge in [-0.2, -0.15) is 0 Å². The molecule has 1 fully saturated rings. The average Bonchev–Trinajstić information content (AvgIpc) is 2.62. The fraction of sp³-hybridized carbons (Fsp3) is 0.381. The third-order valence-electron chi connectivity index (χ3n) is 5.12. The van der Waals surface area contributed by atoms with Gasteiger partial charge in [0.1, 0.15) is 0 Å². The number of nitrogens with zero attached hydrogens (tertiary/aromatic N) is 2. The number of carbonyl (C=O) groups is 1. The molecule has 2 aromatic rings. The Kier molecular flexibility index (Phi) is 5.84. The molecule has 1 heterocycles. The van der Waals surface area contributed by atoms with Gasteiger partial charge < -0.3 is 5.11 Å². The normalized spacial score (nSPS) is 22.0. The summed E-state index contributed by atoms with van der Waals surface area (Å²) < 4.78 is 0. The number of rotatable bonds is 6. The van der Waals surface area contributed by atoms with E-state index in [0.29, 0.717) is 0 Å². The van der Waals surface area contributed by atoms with Crippen molar-refractivity contribution in [1.29, 1.82) is 0 Å². The van der Waals surface area contributed by atoms with Gasteiger partial charge in [-0.15, -0.1) is 0 Å². The van der Waals surface area contributed by atoms with Crippen LogP contribution in [-0.2, 0) is 17.9 Å². The van der Waals surface area contributed by atoms with Crippen molar-refractivity contribution in [3.05, 3.63) is 71.8 Å². The molecule has 0 bridgehead atoms. The minimum absolute atomic E-state index is 0.0233. The van der Waals surface area contributed by atoms with Crippen LogP contribution in [0.1, 0.15) is 24.5 Å². The van der Waals surface area contributed by atoms with Crippen molar-refractivity contribution in [3.63, 3.8) is 0 Å². The predicted octanol–water partition coefficient (Wildman–Crippen LogP) is 3.24. The van der Waals surface area contributed by atoms with Gasteiger partial charge in [-0.05, 0) is 18.1 Å². The molecule has 4 heteroatoms. The Labute approximate surface area is 149 Å². The van der Waals surface area contributed by atoms with E-state index >= 15 is 0 Å². The van der Waals surface area contributed by atoms with Crippen LogP contribution >= 0.6 is 0 Å². The summed E-state index contributed by atoms with van der Waals surface area (Å²) in [7, 11) is 0. The summed E-state index contributed by atoms with van der Waals surface area (Å²) in [5, 5.41) is 9.40. The Morgan fingerprint density at radius 2 is 1.40 bits per heavy atom. The zero-order valence-corrected chi connectivity index (χ0v) is 14.7. The van der Waals surface area contributed by atoms with E-state index in [1.807, 2.05) is 24.3 Å². The molecule has 0 aliphatic carbocycles. The standard InChI is InChI=1S/C21H26N2O2/c1-17-20(14-21(24)25)23(16-19-10-6-3-7-11-19)13-12-22(17)15-18-8-4-2-5-9-18/h2-11,17,20H,12-16H2,1H3,(H,24,25)/t17-,20-/m0/s1. The maximum atomic E-state index is 11.4. The van der Waals surface area contributed by atoms with Crippen LogP contribution in [0.15, 0.2) is 60.7 Å². The molecule has 4 nitrogen and oxygen atoms in total. The first-order valence-electron chi connectivity index (χ1n) is 8.91. The summed E-state index contributed by atoms with van der Waals surface area (Å²) in [6.45, 7) is 5.69. The maximum absolute atomic E-state index is 11.4. The first-order chi connectivity index (χ1) is 12.1. The second-order valence-corrected chi connectivity index (χ2v) is 6.82. The number of carboxylic acid groups (broad SMARTS) is 1. The number of hydrogen-bond acceptors (Lipinski definition) is 3. The third-order valence-corrected chi connectivity index (χ3v) is 5.12. The van der Waals surface area contributed by atoms with Crippen LogP contribution in [0.25, 0.3) is 0 Å². The Morgan fingerprint density at radius 1 is 0.920 bits per heavy atom. The van der Waals surface area contributed by atoms with E-state index in [4.69, 9.17) is 0 Å². The van der Waals surface area contributed by atoms with Crippen LogP contribution in [0.5, 0.6) is 0 Å².